The van der Waals surface area contributed by atoms with Crippen LogP contribution in [0, 0.1) is 6.92 Å². The van der Waals surface area contributed by atoms with Gasteiger partial charge in [0.1, 0.15) is 5.52 Å². The summed E-state index contributed by atoms with van der Waals surface area (Å²) in [7, 11) is 0. The summed E-state index contributed by atoms with van der Waals surface area (Å²) in [5.74, 6) is 0.318. The number of hydrogen-bond acceptors (Lipinski definition) is 7. The van der Waals surface area contributed by atoms with E-state index in [2.05, 4.69) is 20.0 Å². The summed E-state index contributed by atoms with van der Waals surface area (Å²) in [4.78, 5) is 30.6. The Bertz CT molecular complexity index is 1630. The number of nitrogens with one attached hydrogen (secondary N) is 1. The Balaban J connectivity index is 1.26. The molecule has 2 N–H and O–H groups in total. The van der Waals surface area contributed by atoms with E-state index < -0.39 is 6.04 Å². The van der Waals surface area contributed by atoms with Crippen molar-refractivity contribution in [3.63, 3.8) is 0 Å². The van der Waals surface area contributed by atoms with Crippen molar-refractivity contribution in [1.29, 1.82) is 0 Å². The van der Waals surface area contributed by atoms with E-state index in [4.69, 9.17) is 9.40 Å². The van der Waals surface area contributed by atoms with Crippen LogP contribution in [0.3, 0.4) is 0 Å². The largest absolute Gasteiger partial charge is 0.438 e. The number of benzene rings is 1. The number of pyridine rings is 1. The number of H-pyrrole nitrogens is 1. The van der Waals surface area contributed by atoms with Gasteiger partial charge in [0.2, 0.25) is 5.89 Å². The average Bonchev–Trinajstić information content (AvgIpc) is 3.66. The number of nitrogens with zero attached hydrogens (tertiary/aromatic N) is 6. The molecular weight excluding hydrogens is 470 g/mol. The highest BCUT2D eigenvalue weighted by Gasteiger charge is 2.38. The van der Waals surface area contributed by atoms with Crippen LogP contribution in [0.25, 0.3) is 16.6 Å². The normalized spacial score (nSPS) is 18.6. The van der Waals surface area contributed by atoms with Crippen LogP contribution in [0.1, 0.15) is 52.1 Å². The van der Waals surface area contributed by atoms with Crippen molar-refractivity contribution in [2.75, 3.05) is 24.5 Å². The van der Waals surface area contributed by atoms with Gasteiger partial charge in [0.15, 0.2) is 11.6 Å². The van der Waals surface area contributed by atoms with Gasteiger partial charge in [0, 0.05) is 31.7 Å². The number of piperidine rings is 1. The molecule has 1 aromatic carbocycles. The van der Waals surface area contributed by atoms with E-state index in [0.29, 0.717) is 30.0 Å². The second-order valence-electron chi connectivity index (χ2n) is 9.88. The molecule has 188 valence electrons. The first kappa shape index (κ1) is 22.1. The molecule has 2 aliphatic rings. The predicted molar refractivity (Wildman–Crippen MR) is 137 cm³/mol. The first-order valence-electron chi connectivity index (χ1n) is 12.7. The van der Waals surface area contributed by atoms with Gasteiger partial charge in [-0.25, -0.2) is 14.5 Å². The Morgan fingerprint density at radius 3 is 2.86 bits per heavy atom. The van der Waals surface area contributed by atoms with Crippen LogP contribution in [0.2, 0.25) is 0 Å². The van der Waals surface area contributed by atoms with Gasteiger partial charge in [0.05, 0.1) is 47.3 Å². The lowest BCUT2D eigenvalue weighted by Crippen LogP contribution is -2.41. The van der Waals surface area contributed by atoms with E-state index in [1.807, 2.05) is 43.5 Å². The summed E-state index contributed by atoms with van der Waals surface area (Å²) >= 11 is 0. The fraction of sp³-hybridized carbons (Fsp3) is 0.333. The van der Waals surface area contributed by atoms with Gasteiger partial charge in [0.25, 0.3) is 5.91 Å². The molecule has 7 rings (SSSR count). The number of carbonyl (C=O) groups excluding carboxylic acids is 1. The molecule has 0 aliphatic carbocycles. The second kappa shape index (κ2) is 8.45. The molecule has 0 saturated carbocycles. The monoisotopic (exact) mass is 497 g/mol. The molecule has 0 radical (unpaired) electrons. The maximum atomic E-state index is 14.0. The van der Waals surface area contributed by atoms with E-state index in [-0.39, 0.29) is 12.0 Å². The number of amides is 1. The van der Waals surface area contributed by atoms with Crippen molar-refractivity contribution in [3.05, 3.63) is 77.5 Å². The lowest BCUT2D eigenvalue weighted by Gasteiger charge is -2.33. The molecule has 10 nitrogen and oxygen atoms in total. The van der Waals surface area contributed by atoms with Gasteiger partial charge in [-0.2, -0.15) is 5.10 Å². The third-order valence-electron chi connectivity index (χ3n) is 7.62. The highest BCUT2D eigenvalue weighted by molar-refractivity contribution is 6.01. The zero-order valence-electron chi connectivity index (χ0n) is 20.5. The summed E-state index contributed by atoms with van der Waals surface area (Å²) in [6, 6.07) is 9.26. The molecule has 0 spiro atoms. The molecule has 10 heteroatoms. The maximum absolute atomic E-state index is 14.0. The van der Waals surface area contributed by atoms with Crippen LogP contribution >= 0.6 is 0 Å². The van der Waals surface area contributed by atoms with Crippen molar-refractivity contribution < 1.29 is 14.3 Å². The number of rotatable bonds is 3. The quantitative estimate of drug-likeness (QED) is 0.393. The zero-order chi connectivity index (χ0) is 25.1. The van der Waals surface area contributed by atoms with E-state index >= 15 is 0 Å². The van der Waals surface area contributed by atoms with Crippen LogP contribution in [0.4, 0.5) is 5.69 Å². The topological polar surface area (TPSA) is 116 Å². The molecule has 6 heterocycles. The number of hydrogen-bond donors (Lipinski definition) is 2. The number of fused-ring (bicyclic) bond motifs is 3. The number of carbonyl (C=O) groups is 1. The van der Waals surface area contributed by atoms with Crippen LogP contribution < -0.4 is 4.90 Å². The molecule has 5 aromatic rings. The average molecular weight is 498 g/mol. The third kappa shape index (κ3) is 3.59. The highest BCUT2D eigenvalue weighted by Crippen LogP contribution is 2.36. The number of aryl methyl sites for hydroxylation is 1. The lowest BCUT2D eigenvalue weighted by atomic mass is 10.0. The Hall–Kier alpha value is -4.18. The minimum atomic E-state index is -0.539. The molecule has 37 heavy (non-hydrogen) atoms. The van der Waals surface area contributed by atoms with Crippen molar-refractivity contribution in [1.82, 2.24) is 29.5 Å². The molecule has 1 fully saturated rings. The molecule has 1 amide bonds. The number of aliphatic hydroxyl groups is 1. The van der Waals surface area contributed by atoms with E-state index in [9.17, 15) is 9.90 Å². The smallest absolute Gasteiger partial charge is 0.258 e. The van der Waals surface area contributed by atoms with E-state index in [0.717, 1.165) is 59.6 Å². The van der Waals surface area contributed by atoms with Crippen LogP contribution in [0.5, 0.6) is 0 Å². The van der Waals surface area contributed by atoms with Crippen LogP contribution in [-0.2, 0) is 6.42 Å². The van der Waals surface area contributed by atoms with E-state index in [1.54, 1.807) is 21.9 Å². The Kier molecular flexibility index (Phi) is 5.03. The van der Waals surface area contributed by atoms with Crippen LogP contribution in [-0.4, -0.2) is 66.2 Å². The molecule has 4 aromatic heterocycles. The fourth-order valence-electron chi connectivity index (χ4n) is 5.57. The molecule has 1 saturated heterocycles. The first-order valence-corrected chi connectivity index (χ1v) is 12.7. The third-order valence-corrected chi connectivity index (χ3v) is 7.62. The molecule has 0 bridgehead atoms. The van der Waals surface area contributed by atoms with Gasteiger partial charge in [-0.05, 0) is 43.5 Å². The van der Waals surface area contributed by atoms with Crippen molar-refractivity contribution in [2.24, 2.45) is 0 Å². The highest BCUT2D eigenvalue weighted by atomic mass is 16.4. The molecule has 1 atom stereocenters. The number of aromatic nitrogens is 5. The van der Waals surface area contributed by atoms with Gasteiger partial charge < -0.3 is 24.3 Å². The minimum Gasteiger partial charge on any atom is -0.438 e. The summed E-state index contributed by atoms with van der Waals surface area (Å²) < 4.78 is 7.95. The SMILES string of the molecule is Cc1cccc2oc([C@@H]3c4nc[nH]c4CCN3C(=O)c3cnn4cc(N5CCC(O)CC5)ccc34)nc12. The van der Waals surface area contributed by atoms with Crippen molar-refractivity contribution in [2.45, 2.75) is 38.3 Å². The first-order chi connectivity index (χ1) is 18.1. The summed E-state index contributed by atoms with van der Waals surface area (Å²) in [6.45, 7) is 4.09. The van der Waals surface area contributed by atoms with Gasteiger partial charge in [-0.3, -0.25) is 4.79 Å². The van der Waals surface area contributed by atoms with Gasteiger partial charge >= 0.3 is 0 Å². The van der Waals surface area contributed by atoms with E-state index in [1.165, 1.54) is 0 Å². The molecular formula is C27H27N7O3. The Morgan fingerprint density at radius 1 is 1.16 bits per heavy atom. The molecule has 2 aliphatic heterocycles. The fourth-order valence-corrected chi connectivity index (χ4v) is 5.57. The van der Waals surface area contributed by atoms with Gasteiger partial charge in [-0.15, -0.1) is 0 Å². The number of aromatic amines is 1. The number of para-hydroxylation sites is 1. The summed E-state index contributed by atoms with van der Waals surface area (Å²) in [6.07, 6.45) is 7.19. The van der Waals surface area contributed by atoms with Crippen molar-refractivity contribution in [3.8, 4) is 0 Å². The Labute approximate surface area is 212 Å². The second-order valence-corrected chi connectivity index (χ2v) is 9.88. The Morgan fingerprint density at radius 2 is 2.03 bits per heavy atom. The van der Waals surface area contributed by atoms with Crippen molar-refractivity contribution >= 4 is 28.2 Å². The number of oxazole rings is 1. The standard InChI is InChI=1S/C27H27N7O3/c1-16-3-2-4-22-23(16)31-26(37-22)25-24-20(28-15-29-24)9-12-33(25)27(36)19-13-30-34-14-17(5-6-21(19)34)32-10-7-18(35)8-11-32/h2-6,13-15,18,25,35H,7-12H2,1H3,(H,28,29)/t25-/m0/s1. The zero-order valence-corrected chi connectivity index (χ0v) is 20.5. The predicted octanol–water partition coefficient (Wildman–Crippen LogP) is 3.26. The molecule has 0 unspecified atom stereocenters. The summed E-state index contributed by atoms with van der Waals surface area (Å²) in [5.41, 5.74) is 6.55. The van der Waals surface area contributed by atoms with Crippen LogP contribution in [0.15, 0.2) is 53.5 Å². The number of anilines is 1. The maximum Gasteiger partial charge on any atom is 0.258 e. The lowest BCUT2D eigenvalue weighted by molar-refractivity contribution is 0.0669. The minimum absolute atomic E-state index is 0.138. The summed E-state index contributed by atoms with van der Waals surface area (Å²) in [5, 5.41) is 14.4. The van der Waals surface area contributed by atoms with Gasteiger partial charge in [-0.1, -0.05) is 12.1 Å². The number of imidazole rings is 1. The number of aliphatic hydroxyl groups excluding tert-OH is 1.